The van der Waals surface area contributed by atoms with Gasteiger partial charge in [-0.1, -0.05) is 12.2 Å². The summed E-state index contributed by atoms with van der Waals surface area (Å²) in [5.74, 6) is 1.33. The van der Waals surface area contributed by atoms with Gasteiger partial charge in [-0.05, 0) is 24.1 Å². The van der Waals surface area contributed by atoms with Crippen molar-refractivity contribution in [1.29, 1.82) is 0 Å². The Labute approximate surface area is 133 Å². The molecule has 1 aromatic carbocycles. The van der Waals surface area contributed by atoms with E-state index in [4.69, 9.17) is 14.2 Å². The first-order valence-corrected chi connectivity index (χ1v) is 7.93. The van der Waals surface area contributed by atoms with Crippen LogP contribution in [0.4, 0.5) is 0 Å². The molecule has 1 saturated heterocycles. The van der Waals surface area contributed by atoms with Gasteiger partial charge in [0.05, 0.1) is 17.6 Å². The second-order valence-corrected chi connectivity index (χ2v) is 6.70. The molecule has 2 N–H and O–H groups in total. The molecule has 6 nitrogen and oxygen atoms in total. The summed E-state index contributed by atoms with van der Waals surface area (Å²) in [6.07, 6.45) is 3.51. The second-order valence-electron chi connectivity index (χ2n) is 6.70. The van der Waals surface area contributed by atoms with Gasteiger partial charge < -0.3 is 24.4 Å². The number of rotatable bonds is 1. The van der Waals surface area contributed by atoms with Crippen LogP contribution >= 0.6 is 0 Å². The van der Waals surface area contributed by atoms with Crippen molar-refractivity contribution in [2.45, 2.75) is 36.3 Å². The highest BCUT2D eigenvalue weighted by molar-refractivity contribution is 5.57. The summed E-state index contributed by atoms with van der Waals surface area (Å²) < 4.78 is 16.4. The maximum Gasteiger partial charge on any atom is 0.231 e. The zero-order chi connectivity index (χ0) is 15.8. The van der Waals surface area contributed by atoms with Gasteiger partial charge in [-0.25, -0.2) is 0 Å². The summed E-state index contributed by atoms with van der Waals surface area (Å²) in [6.45, 7) is 0.631. The Morgan fingerprint density at radius 1 is 1.26 bits per heavy atom. The predicted molar refractivity (Wildman–Crippen MR) is 80.3 cm³/mol. The average molecular weight is 317 g/mol. The van der Waals surface area contributed by atoms with E-state index in [0.717, 1.165) is 17.5 Å². The highest BCUT2D eigenvalue weighted by Gasteiger charge is 2.61. The normalized spacial score (nSPS) is 42.5. The van der Waals surface area contributed by atoms with E-state index in [-0.39, 0.29) is 18.9 Å². The molecular weight excluding hydrogens is 298 g/mol. The number of ether oxygens (including phenoxy) is 3. The predicted octanol–water partition coefficient (Wildman–Crippen LogP) is 0.678. The molecule has 1 aliphatic carbocycles. The minimum absolute atomic E-state index is 0.00341. The van der Waals surface area contributed by atoms with Crippen LogP contribution in [0, 0.1) is 0 Å². The first kappa shape index (κ1) is 13.8. The number of methoxy groups -OCH3 is 1. The number of nitrogens with zero attached hydrogens (tertiary/aromatic N) is 1. The molecule has 1 aromatic rings. The van der Waals surface area contributed by atoms with Crippen molar-refractivity contribution in [2.24, 2.45) is 0 Å². The third-order valence-electron chi connectivity index (χ3n) is 5.84. The lowest BCUT2D eigenvalue weighted by Gasteiger charge is -2.48. The molecule has 0 aromatic heterocycles. The van der Waals surface area contributed by atoms with E-state index in [1.807, 2.05) is 23.1 Å². The fourth-order valence-electron chi connectivity index (χ4n) is 4.71. The van der Waals surface area contributed by atoms with Crippen LogP contribution in [0.2, 0.25) is 0 Å². The maximum atomic E-state index is 10.8. The van der Waals surface area contributed by atoms with E-state index >= 15 is 0 Å². The quantitative estimate of drug-likeness (QED) is 0.742. The summed E-state index contributed by atoms with van der Waals surface area (Å²) >= 11 is 0. The first-order chi connectivity index (χ1) is 11.1. The molecule has 3 aliphatic heterocycles. The van der Waals surface area contributed by atoms with Crippen LogP contribution in [-0.2, 0) is 10.2 Å². The molecule has 6 heteroatoms. The van der Waals surface area contributed by atoms with Crippen LogP contribution in [0.25, 0.3) is 0 Å². The minimum atomic E-state index is -0.751. The van der Waals surface area contributed by atoms with Crippen LogP contribution in [0.5, 0.6) is 11.5 Å². The molecule has 0 spiro atoms. The van der Waals surface area contributed by atoms with E-state index in [9.17, 15) is 10.2 Å². The van der Waals surface area contributed by atoms with Gasteiger partial charge in [0.2, 0.25) is 6.79 Å². The van der Waals surface area contributed by atoms with Crippen molar-refractivity contribution >= 4 is 0 Å². The highest BCUT2D eigenvalue weighted by atomic mass is 16.7. The van der Waals surface area contributed by atoms with Crippen molar-refractivity contribution in [2.75, 3.05) is 20.4 Å². The standard InChI is InChI=1S/C17H19NO5/c1-21-9-2-3-17-11-6-13-12(22-8-23-13)5-10(11)16(20)18(7-15(17)19)14(17)4-9/h2-3,5-6,9,14-16,19-20H,4,7-8H2,1H3/t9-,14-,15+,16-,17?/m1/s1. The number of aliphatic hydroxyl groups is 2. The van der Waals surface area contributed by atoms with E-state index < -0.39 is 17.7 Å². The molecule has 3 heterocycles. The lowest BCUT2D eigenvalue weighted by atomic mass is 9.65. The molecule has 2 unspecified atom stereocenters. The number of benzene rings is 1. The second kappa shape index (κ2) is 4.48. The zero-order valence-electron chi connectivity index (χ0n) is 12.8. The summed E-state index contributed by atoms with van der Waals surface area (Å²) in [4.78, 5) is 1.98. The Hall–Kier alpha value is -1.60. The summed E-state index contributed by atoms with van der Waals surface area (Å²) in [7, 11) is 1.69. The van der Waals surface area contributed by atoms with Gasteiger partial charge in [0.25, 0.3) is 0 Å². The Balaban J connectivity index is 1.75. The molecule has 6 atom stereocenters. The first-order valence-electron chi connectivity index (χ1n) is 7.93. The van der Waals surface area contributed by atoms with E-state index in [2.05, 4.69) is 6.08 Å². The van der Waals surface area contributed by atoms with Gasteiger partial charge in [-0.15, -0.1) is 0 Å². The highest BCUT2D eigenvalue weighted by Crippen LogP contribution is 2.56. The average Bonchev–Trinajstić information content (AvgIpc) is 3.12. The number of hydrogen-bond donors (Lipinski definition) is 2. The van der Waals surface area contributed by atoms with Crippen LogP contribution in [-0.4, -0.2) is 53.8 Å². The maximum absolute atomic E-state index is 10.8. The molecule has 2 bridgehead atoms. The SMILES string of the molecule is CO[C@@H]1C=CC23c4cc5c(cc4[C@@H](O)N(C[C@@H]2O)[C@@H]3C1)OCO5. The molecule has 0 amide bonds. The van der Waals surface area contributed by atoms with E-state index in [1.165, 1.54) is 0 Å². The van der Waals surface area contributed by atoms with Crippen molar-refractivity contribution in [1.82, 2.24) is 4.90 Å². The van der Waals surface area contributed by atoms with Crippen LogP contribution in [0.15, 0.2) is 24.3 Å². The molecule has 0 saturated carbocycles. The monoisotopic (exact) mass is 317 g/mol. The third kappa shape index (κ3) is 1.57. The number of hydrogen-bond acceptors (Lipinski definition) is 6. The number of fused-ring (bicyclic) bond motifs is 2. The third-order valence-corrected chi connectivity index (χ3v) is 5.84. The Morgan fingerprint density at radius 2 is 2.04 bits per heavy atom. The van der Waals surface area contributed by atoms with Gasteiger partial charge in [0.15, 0.2) is 11.5 Å². The van der Waals surface area contributed by atoms with Gasteiger partial charge in [-0.2, -0.15) is 0 Å². The molecule has 1 fully saturated rings. The number of aliphatic hydroxyl groups excluding tert-OH is 2. The van der Waals surface area contributed by atoms with Gasteiger partial charge >= 0.3 is 0 Å². The van der Waals surface area contributed by atoms with Crippen LogP contribution < -0.4 is 9.47 Å². The zero-order valence-corrected chi connectivity index (χ0v) is 12.8. The Bertz CT molecular complexity index is 704. The Kier molecular flexibility index (Phi) is 2.69. The van der Waals surface area contributed by atoms with Crippen molar-refractivity contribution < 1.29 is 24.4 Å². The van der Waals surface area contributed by atoms with Crippen LogP contribution in [0.1, 0.15) is 23.8 Å². The van der Waals surface area contributed by atoms with E-state index in [1.54, 1.807) is 7.11 Å². The molecule has 5 rings (SSSR count). The van der Waals surface area contributed by atoms with Gasteiger partial charge in [-0.3, -0.25) is 4.90 Å². The summed E-state index contributed by atoms with van der Waals surface area (Å²) in [5.41, 5.74) is 1.21. The molecule has 0 radical (unpaired) electrons. The smallest absolute Gasteiger partial charge is 0.231 e. The molecule has 23 heavy (non-hydrogen) atoms. The van der Waals surface area contributed by atoms with Crippen molar-refractivity contribution in [3.8, 4) is 11.5 Å². The van der Waals surface area contributed by atoms with Gasteiger partial charge in [0.1, 0.15) is 6.23 Å². The fourth-order valence-corrected chi connectivity index (χ4v) is 4.71. The summed E-state index contributed by atoms with van der Waals surface area (Å²) in [6, 6.07) is 3.79. The fraction of sp³-hybridized carbons (Fsp3) is 0.529. The van der Waals surface area contributed by atoms with Gasteiger partial charge in [0, 0.05) is 25.3 Å². The molecular formula is C17H19NO5. The Morgan fingerprint density at radius 3 is 2.83 bits per heavy atom. The lowest BCUT2D eigenvalue weighted by molar-refractivity contribution is -0.0399. The molecule has 122 valence electrons. The molecule has 4 aliphatic rings. The van der Waals surface area contributed by atoms with Crippen molar-refractivity contribution in [3.05, 3.63) is 35.4 Å². The van der Waals surface area contributed by atoms with Crippen LogP contribution in [0.3, 0.4) is 0 Å². The summed E-state index contributed by atoms with van der Waals surface area (Å²) in [5, 5.41) is 21.7. The minimum Gasteiger partial charge on any atom is -0.454 e. The topological polar surface area (TPSA) is 71.4 Å². The lowest BCUT2D eigenvalue weighted by Crippen LogP contribution is -2.53. The largest absolute Gasteiger partial charge is 0.454 e. The van der Waals surface area contributed by atoms with E-state index in [0.29, 0.717) is 18.0 Å². The van der Waals surface area contributed by atoms with Crippen molar-refractivity contribution in [3.63, 3.8) is 0 Å².